The van der Waals surface area contributed by atoms with Crippen LogP contribution in [0.4, 0.5) is 0 Å². The first-order valence-corrected chi connectivity index (χ1v) is 11.0. The predicted molar refractivity (Wildman–Crippen MR) is 109 cm³/mol. The molecule has 0 aliphatic carbocycles. The molecule has 0 spiro atoms. The Kier molecular flexibility index (Phi) is 13.9. The van der Waals surface area contributed by atoms with E-state index in [2.05, 4.69) is 29.7 Å². The van der Waals surface area contributed by atoms with Gasteiger partial charge in [0.15, 0.2) is 0 Å². The van der Waals surface area contributed by atoms with Crippen molar-refractivity contribution in [3.8, 4) is 0 Å². The fraction of sp³-hybridized carbons (Fsp3) is 0.818. The summed E-state index contributed by atoms with van der Waals surface area (Å²) in [7, 11) is 0. The van der Waals surface area contributed by atoms with Gasteiger partial charge in [-0.2, -0.15) is 0 Å². The highest BCUT2D eigenvalue weighted by Crippen LogP contribution is 2.10. The number of nitrogens with one attached hydrogen (secondary N) is 2. The first-order chi connectivity index (χ1) is 12.7. The van der Waals surface area contributed by atoms with Crippen LogP contribution in [0.25, 0.3) is 0 Å². The van der Waals surface area contributed by atoms with E-state index in [9.17, 15) is 9.59 Å². The van der Waals surface area contributed by atoms with Gasteiger partial charge in [-0.3, -0.25) is 9.59 Å². The van der Waals surface area contributed by atoms with Gasteiger partial charge in [-0.1, -0.05) is 57.6 Å². The van der Waals surface area contributed by atoms with Crippen molar-refractivity contribution >= 4 is 11.8 Å². The monoisotopic (exact) mass is 364 g/mol. The highest BCUT2D eigenvalue weighted by Gasteiger charge is 2.21. The average molecular weight is 365 g/mol. The number of hydrogen-bond donors (Lipinski definition) is 2. The second kappa shape index (κ2) is 15.9. The highest BCUT2D eigenvalue weighted by atomic mass is 16.2. The Bertz CT molecular complexity index is 407. The van der Waals surface area contributed by atoms with Gasteiger partial charge in [-0.15, -0.1) is 0 Å². The van der Waals surface area contributed by atoms with Crippen molar-refractivity contribution in [2.75, 3.05) is 6.54 Å². The molecule has 1 rings (SSSR count). The molecule has 0 aromatic rings. The van der Waals surface area contributed by atoms with E-state index >= 15 is 0 Å². The zero-order valence-electron chi connectivity index (χ0n) is 16.9. The Labute approximate surface area is 160 Å². The summed E-state index contributed by atoms with van der Waals surface area (Å²) in [5, 5.41) is 5.75. The molecule has 1 atom stereocenters. The van der Waals surface area contributed by atoms with E-state index in [4.69, 9.17) is 0 Å². The molecule has 0 unspecified atom stereocenters. The molecule has 2 N–H and O–H groups in total. The van der Waals surface area contributed by atoms with E-state index in [0.29, 0.717) is 6.42 Å². The Morgan fingerprint density at radius 2 is 1.65 bits per heavy atom. The van der Waals surface area contributed by atoms with E-state index in [1.54, 1.807) is 0 Å². The van der Waals surface area contributed by atoms with Gasteiger partial charge in [0.1, 0.15) is 6.04 Å². The Hall–Kier alpha value is -1.32. The predicted octanol–water partition coefficient (Wildman–Crippen LogP) is 5.03. The molecule has 4 nitrogen and oxygen atoms in total. The van der Waals surface area contributed by atoms with E-state index in [-0.39, 0.29) is 17.9 Å². The summed E-state index contributed by atoms with van der Waals surface area (Å²) in [5.74, 6) is 0.00678. The Morgan fingerprint density at radius 3 is 2.38 bits per heavy atom. The third-order valence-electron chi connectivity index (χ3n) is 5.04. The largest absolute Gasteiger partial charge is 0.354 e. The van der Waals surface area contributed by atoms with Crippen LogP contribution in [0.15, 0.2) is 12.2 Å². The number of carbonyl (C=O) groups excluding carboxylic acids is 2. The zero-order valence-corrected chi connectivity index (χ0v) is 16.9. The molecule has 1 aliphatic heterocycles. The molecule has 0 aromatic carbocycles. The minimum atomic E-state index is -0.321. The van der Waals surface area contributed by atoms with Gasteiger partial charge in [-0.25, -0.2) is 0 Å². The third-order valence-corrected chi connectivity index (χ3v) is 5.04. The van der Waals surface area contributed by atoms with E-state index < -0.39 is 0 Å². The smallest absolute Gasteiger partial charge is 0.242 e. The molecule has 1 aliphatic rings. The van der Waals surface area contributed by atoms with Gasteiger partial charge < -0.3 is 10.6 Å². The first kappa shape index (κ1) is 22.7. The number of unbranched alkanes of at least 4 members (excludes halogenated alkanes) is 9. The summed E-state index contributed by atoms with van der Waals surface area (Å²) < 4.78 is 0. The van der Waals surface area contributed by atoms with Crippen LogP contribution >= 0.6 is 0 Å². The molecule has 2 amide bonds. The number of hydrogen-bond acceptors (Lipinski definition) is 2. The summed E-state index contributed by atoms with van der Waals surface area (Å²) in [4.78, 5) is 23.8. The van der Waals surface area contributed by atoms with Crippen molar-refractivity contribution in [3.05, 3.63) is 12.2 Å². The van der Waals surface area contributed by atoms with Crippen molar-refractivity contribution in [2.45, 2.75) is 109 Å². The van der Waals surface area contributed by atoms with Gasteiger partial charge in [-0.05, 0) is 51.4 Å². The van der Waals surface area contributed by atoms with Gasteiger partial charge in [0.25, 0.3) is 0 Å². The van der Waals surface area contributed by atoms with Crippen LogP contribution in [-0.4, -0.2) is 24.4 Å². The van der Waals surface area contributed by atoms with Crippen molar-refractivity contribution in [1.29, 1.82) is 0 Å². The molecule has 1 fully saturated rings. The maximum Gasteiger partial charge on any atom is 0.242 e. The second-order valence-electron chi connectivity index (χ2n) is 7.53. The standard InChI is InChI=1S/C22H40N2O2/c1-2-3-4-5-6-7-8-9-10-11-12-13-14-18-21(25)24-20-17-15-16-19-23-22(20)26/h7-8,20H,2-6,9-19H2,1H3,(H,23,26)(H,24,25)/b8-7-/t20-/m0/s1. The van der Waals surface area contributed by atoms with Gasteiger partial charge >= 0.3 is 0 Å². The molecule has 0 aromatic heterocycles. The van der Waals surface area contributed by atoms with Crippen LogP contribution in [0.2, 0.25) is 0 Å². The van der Waals surface area contributed by atoms with Gasteiger partial charge in [0.05, 0.1) is 0 Å². The number of amides is 2. The third kappa shape index (κ3) is 12.1. The van der Waals surface area contributed by atoms with Crippen molar-refractivity contribution < 1.29 is 9.59 Å². The SMILES string of the molecule is CCCCCC/C=C\CCCCCCCC(=O)N[C@H]1CCCCNC1=O. The summed E-state index contributed by atoms with van der Waals surface area (Å²) >= 11 is 0. The van der Waals surface area contributed by atoms with E-state index in [1.165, 1.54) is 57.8 Å². The average Bonchev–Trinajstić information content (AvgIpc) is 2.83. The van der Waals surface area contributed by atoms with Crippen LogP contribution in [0.1, 0.15) is 103 Å². The van der Waals surface area contributed by atoms with Gasteiger partial charge in [0.2, 0.25) is 11.8 Å². The van der Waals surface area contributed by atoms with Crippen LogP contribution in [0, 0.1) is 0 Å². The minimum Gasteiger partial charge on any atom is -0.354 e. The number of allylic oxidation sites excluding steroid dienone is 2. The molecule has 4 heteroatoms. The number of carbonyl (C=O) groups is 2. The summed E-state index contributed by atoms with van der Waals surface area (Å²) in [6.07, 6.45) is 21.5. The van der Waals surface area contributed by atoms with E-state index in [0.717, 1.165) is 38.6 Å². The molecular weight excluding hydrogens is 324 g/mol. The zero-order chi connectivity index (χ0) is 18.9. The summed E-state index contributed by atoms with van der Waals surface area (Å²) in [5.41, 5.74) is 0. The lowest BCUT2D eigenvalue weighted by atomic mass is 10.1. The second-order valence-corrected chi connectivity index (χ2v) is 7.53. The van der Waals surface area contributed by atoms with Crippen molar-refractivity contribution in [2.24, 2.45) is 0 Å². The summed E-state index contributed by atoms with van der Waals surface area (Å²) in [6, 6.07) is -0.321. The molecule has 150 valence electrons. The van der Waals surface area contributed by atoms with Crippen molar-refractivity contribution in [1.82, 2.24) is 10.6 Å². The lowest BCUT2D eigenvalue weighted by Gasteiger charge is -2.15. The molecule has 26 heavy (non-hydrogen) atoms. The molecule has 0 saturated carbocycles. The van der Waals surface area contributed by atoms with Crippen LogP contribution in [0.3, 0.4) is 0 Å². The van der Waals surface area contributed by atoms with Crippen LogP contribution in [-0.2, 0) is 9.59 Å². The quantitative estimate of drug-likeness (QED) is 0.335. The Balaban J connectivity index is 1.91. The van der Waals surface area contributed by atoms with Crippen LogP contribution in [0.5, 0.6) is 0 Å². The van der Waals surface area contributed by atoms with Crippen LogP contribution < -0.4 is 10.6 Å². The van der Waals surface area contributed by atoms with Gasteiger partial charge in [0, 0.05) is 13.0 Å². The van der Waals surface area contributed by atoms with Crippen molar-refractivity contribution in [3.63, 3.8) is 0 Å². The minimum absolute atomic E-state index is 0.0192. The summed E-state index contributed by atoms with van der Waals surface area (Å²) in [6.45, 7) is 2.98. The fourth-order valence-electron chi connectivity index (χ4n) is 3.35. The maximum atomic E-state index is 12.0. The molecule has 1 saturated heterocycles. The molecule has 0 bridgehead atoms. The molecule has 1 heterocycles. The molecule has 0 radical (unpaired) electrons. The lowest BCUT2D eigenvalue weighted by molar-refractivity contribution is -0.128. The topological polar surface area (TPSA) is 58.2 Å². The Morgan fingerprint density at radius 1 is 1.00 bits per heavy atom. The first-order valence-electron chi connectivity index (χ1n) is 11.0. The number of rotatable bonds is 14. The highest BCUT2D eigenvalue weighted by molar-refractivity contribution is 5.87. The van der Waals surface area contributed by atoms with E-state index in [1.807, 2.05) is 0 Å². The fourth-order valence-corrected chi connectivity index (χ4v) is 3.35. The molecular formula is C22H40N2O2. The maximum absolute atomic E-state index is 12.0. The lowest BCUT2D eigenvalue weighted by Crippen LogP contribution is -2.45. The normalized spacial score (nSPS) is 17.9.